The van der Waals surface area contributed by atoms with Crippen LogP contribution in [0.4, 0.5) is 0 Å². The Hall–Kier alpha value is -1.06. The van der Waals surface area contributed by atoms with E-state index in [-0.39, 0.29) is 11.1 Å². The van der Waals surface area contributed by atoms with Crippen LogP contribution in [0.5, 0.6) is 0 Å². The van der Waals surface area contributed by atoms with Crippen LogP contribution in [0.2, 0.25) is 0 Å². The molecule has 1 rings (SSSR count). The summed E-state index contributed by atoms with van der Waals surface area (Å²) in [5.41, 5.74) is -0.277. The molecule has 4 nitrogen and oxygen atoms in total. The third-order valence-electron chi connectivity index (χ3n) is 2.03. The van der Waals surface area contributed by atoms with E-state index in [1.807, 2.05) is 13.8 Å². The summed E-state index contributed by atoms with van der Waals surface area (Å²) >= 11 is 0. The van der Waals surface area contributed by atoms with E-state index in [1.54, 1.807) is 0 Å². The standard InChI is InChI=1S/C7H13N3O/c1-4-7(2,3)5-8-6(11)10-9-5/h4H2,1-3H3,(H2,8,9,10,11). The third kappa shape index (κ3) is 1.50. The van der Waals surface area contributed by atoms with Gasteiger partial charge in [-0.1, -0.05) is 20.8 Å². The number of H-pyrrole nitrogens is 2. The van der Waals surface area contributed by atoms with Crippen molar-refractivity contribution in [2.45, 2.75) is 32.6 Å². The van der Waals surface area contributed by atoms with Crippen molar-refractivity contribution in [3.8, 4) is 0 Å². The monoisotopic (exact) mass is 155 g/mol. The molecule has 4 heteroatoms. The smallest absolute Gasteiger partial charge is 0.292 e. The van der Waals surface area contributed by atoms with Gasteiger partial charge in [0.1, 0.15) is 5.82 Å². The van der Waals surface area contributed by atoms with Gasteiger partial charge in [-0.15, -0.1) is 0 Å². The van der Waals surface area contributed by atoms with Crippen LogP contribution in [0.25, 0.3) is 0 Å². The van der Waals surface area contributed by atoms with Gasteiger partial charge in [0, 0.05) is 5.41 Å². The second kappa shape index (κ2) is 2.53. The first kappa shape index (κ1) is 8.04. The minimum atomic E-state index is -0.235. The number of rotatable bonds is 2. The lowest BCUT2D eigenvalue weighted by molar-refractivity contribution is 0.474. The number of nitrogens with one attached hydrogen (secondary N) is 2. The summed E-state index contributed by atoms with van der Waals surface area (Å²) in [5, 5.41) is 6.21. The van der Waals surface area contributed by atoms with Crippen molar-refractivity contribution < 1.29 is 0 Å². The lowest BCUT2D eigenvalue weighted by atomic mass is 9.90. The van der Waals surface area contributed by atoms with Gasteiger partial charge in [-0.05, 0) is 6.42 Å². The fourth-order valence-electron chi connectivity index (χ4n) is 0.758. The fraction of sp³-hybridized carbons (Fsp3) is 0.714. The number of hydrogen-bond donors (Lipinski definition) is 2. The Kier molecular flexibility index (Phi) is 1.85. The molecule has 0 fully saturated rings. The second-order valence-corrected chi connectivity index (χ2v) is 3.26. The van der Waals surface area contributed by atoms with Crippen molar-refractivity contribution in [1.82, 2.24) is 15.2 Å². The van der Waals surface area contributed by atoms with E-state index in [4.69, 9.17) is 0 Å². The Labute approximate surface area is 65.0 Å². The zero-order chi connectivity index (χ0) is 8.48. The molecule has 0 aromatic carbocycles. The minimum Gasteiger partial charge on any atom is -0.292 e. The van der Waals surface area contributed by atoms with Crippen LogP contribution in [0.15, 0.2) is 4.79 Å². The summed E-state index contributed by atoms with van der Waals surface area (Å²) < 4.78 is 0. The zero-order valence-electron chi connectivity index (χ0n) is 7.06. The second-order valence-electron chi connectivity index (χ2n) is 3.26. The van der Waals surface area contributed by atoms with Gasteiger partial charge in [0.15, 0.2) is 0 Å². The van der Waals surface area contributed by atoms with Crippen molar-refractivity contribution in [3.63, 3.8) is 0 Å². The molecule has 0 saturated carbocycles. The third-order valence-corrected chi connectivity index (χ3v) is 2.03. The summed E-state index contributed by atoms with van der Waals surface area (Å²) in [6.07, 6.45) is 0.952. The Morgan fingerprint density at radius 1 is 1.55 bits per heavy atom. The Morgan fingerprint density at radius 3 is 2.55 bits per heavy atom. The predicted molar refractivity (Wildman–Crippen MR) is 42.5 cm³/mol. The zero-order valence-corrected chi connectivity index (χ0v) is 7.06. The maximum absolute atomic E-state index is 10.7. The topological polar surface area (TPSA) is 61.5 Å². The van der Waals surface area contributed by atoms with Crippen LogP contribution >= 0.6 is 0 Å². The molecule has 0 aliphatic rings. The largest absolute Gasteiger partial charge is 0.340 e. The van der Waals surface area contributed by atoms with Crippen LogP contribution in [0.1, 0.15) is 33.0 Å². The van der Waals surface area contributed by atoms with Crippen LogP contribution in [-0.2, 0) is 5.41 Å². The fourth-order valence-corrected chi connectivity index (χ4v) is 0.758. The highest BCUT2D eigenvalue weighted by Crippen LogP contribution is 2.21. The van der Waals surface area contributed by atoms with Gasteiger partial charge in [-0.25, -0.2) is 9.89 Å². The van der Waals surface area contributed by atoms with E-state index < -0.39 is 0 Å². The van der Waals surface area contributed by atoms with Gasteiger partial charge < -0.3 is 0 Å². The summed E-state index contributed by atoms with van der Waals surface area (Å²) in [4.78, 5) is 13.3. The van der Waals surface area contributed by atoms with Crippen LogP contribution in [0, 0.1) is 0 Å². The van der Waals surface area contributed by atoms with Gasteiger partial charge in [0.05, 0.1) is 0 Å². The van der Waals surface area contributed by atoms with E-state index in [0.29, 0.717) is 0 Å². The van der Waals surface area contributed by atoms with E-state index in [2.05, 4.69) is 22.1 Å². The minimum absolute atomic E-state index is 0.0425. The molecular formula is C7H13N3O. The molecule has 0 aliphatic heterocycles. The lowest BCUT2D eigenvalue weighted by Gasteiger charge is -2.17. The normalized spacial score (nSPS) is 11.9. The maximum Gasteiger partial charge on any atom is 0.340 e. The molecule has 62 valence electrons. The summed E-state index contributed by atoms with van der Waals surface area (Å²) in [6.45, 7) is 6.14. The molecule has 11 heavy (non-hydrogen) atoms. The maximum atomic E-state index is 10.7. The number of nitrogens with zero attached hydrogens (tertiary/aromatic N) is 1. The SMILES string of the molecule is CCC(C)(C)c1n[nH]c(=O)[nH]1. The van der Waals surface area contributed by atoms with Gasteiger partial charge in [-0.2, -0.15) is 5.10 Å². The highest BCUT2D eigenvalue weighted by atomic mass is 16.1. The molecule has 0 aliphatic carbocycles. The van der Waals surface area contributed by atoms with Crippen molar-refractivity contribution in [3.05, 3.63) is 16.3 Å². The van der Waals surface area contributed by atoms with Gasteiger partial charge in [-0.3, -0.25) is 4.98 Å². The first-order valence-corrected chi connectivity index (χ1v) is 3.71. The first-order valence-electron chi connectivity index (χ1n) is 3.71. The molecular weight excluding hydrogens is 142 g/mol. The van der Waals surface area contributed by atoms with Crippen LogP contribution < -0.4 is 5.69 Å². The number of aromatic amines is 2. The van der Waals surface area contributed by atoms with E-state index in [0.717, 1.165) is 12.2 Å². The van der Waals surface area contributed by atoms with Crippen molar-refractivity contribution in [2.75, 3.05) is 0 Å². The lowest BCUT2D eigenvalue weighted by Crippen LogP contribution is -2.18. The number of aromatic nitrogens is 3. The average Bonchev–Trinajstić information content (AvgIpc) is 2.36. The van der Waals surface area contributed by atoms with Crippen molar-refractivity contribution in [2.24, 2.45) is 0 Å². The first-order chi connectivity index (χ1) is 5.06. The van der Waals surface area contributed by atoms with E-state index in [9.17, 15) is 4.79 Å². The highest BCUT2D eigenvalue weighted by molar-refractivity contribution is 4.99. The van der Waals surface area contributed by atoms with Crippen LogP contribution in [-0.4, -0.2) is 15.2 Å². The average molecular weight is 155 g/mol. The van der Waals surface area contributed by atoms with Gasteiger partial charge >= 0.3 is 5.69 Å². The molecule has 0 bridgehead atoms. The highest BCUT2D eigenvalue weighted by Gasteiger charge is 2.21. The quantitative estimate of drug-likeness (QED) is 0.663. The van der Waals surface area contributed by atoms with Crippen LogP contribution in [0.3, 0.4) is 0 Å². The Bertz CT molecular complexity index is 284. The molecule has 2 N–H and O–H groups in total. The molecule has 0 spiro atoms. The van der Waals surface area contributed by atoms with Crippen molar-refractivity contribution in [1.29, 1.82) is 0 Å². The molecule has 0 atom stereocenters. The Morgan fingerprint density at radius 2 is 2.18 bits per heavy atom. The Balaban J connectivity index is 3.01. The molecule has 0 amide bonds. The predicted octanol–water partition coefficient (Wildman–Crippen LogP) is 0.786. The van der Waals surface area contributed by atoms with E-state index >= 15 is 0 Å². The summed E-state index contributed by atoms with van der Waals surface area (Å²) in [7, 11) is 0. The molecule has 0 saturated heterocycles. The number of hydrogen-bond acceptors (Lipinski definition) is 2. The van der Waals surface area contributed by atoms with Gasteiger partial charge in [0.2, 0.25) is 0 Å². The van der Waals surface area contributed by atoms with E-state index in [1.165, 1.54) is 0 Å². The molecule has 0 radical (unpaired) electrons. The molecule has 1 aromatic rings. The van der Waals surface area contributed by atoms with Gasteiger partial charge in [0.25, 0.3) is 0 Å². The summed E-state index contributed by atoms with van der Waals surface area (Å²) in [5.74, 6) is 0.727. The molecule has 1 heterocycles. The molecule has 0 unspecified atom stereocenters. The van der Waals surface area contributed by atoms with Crippen molar-refractivity contribution >= 4 is 0 Å². The summed E-state index contributed by atoms with van der Waals surface area (Å²) in [6, 6.07) is 0. The molecule has 1 aromatic heterocycles.